The number of benzene rings is 2. The van der Waals surface area contributed by atoms with Gasteiger partial charge in [-0.15, -0.1) is 0 Å². The van der Waals surface area contributed by atoms with Crippen LogP contribution in [0.1, 0.15) is 23.5 Å². The lowest BCUT2D eigenvalue weighted by molar-refractivity contribution is -0.577. The van der Waals surface area contributed by atoms with Gasteiger partial charge in [-0.3, -0.25) is 20.2 Å². The Kier molecular flexibility index (Phi) is 10.7. The lowest BCUT2D eigenvalue weighted by Gasteiger charge is -2.20. The van der Waals surface area contributed by atoms with Gasteiger partial charge >= 0.3 is 24.3 Å². The van der Waals surface area contributed by atoms with Crippen molar-refractivity contribution in [1.29, 1.82) is 0 Å². The summed E-state index contributed by atoms with van der Waals surface area (Å²) in [5.41, 5.74) is 0.695. The molecule has 2 aromatic carbocycles. The van der Waals surface area contributed by atoms with Gasteiger partial charge in [-0.1, -0.05) is 92.4 Å². The molecule has 2 rings (SSSR count). The van der Waals surface area contributed by atoms with Crippen LogP contribution in [-0.2, 0) is 19.3 Å². The van der Waals surface area contributed by atoms with E-state index in [9.17, 15) is 29.8 Å². The highest BCUT2D eigenvalue weighted by molar-refractivity contribution is 8.77. The quantitative estimate of drug-likeness (QED) is 0.128. The average Bonchev–Trinajstić information content (AvgIpc) is 2.78. The molecule has 0 radical (unpaired) electrons. The minimum absolute atomic E-state index is 0.196. The van der Waals surface area contributed by atoms with Gasteiger partial charge in [0.15, 0.2) is 0 Å². The van der Waals surface area contributed by atoms with Gasteiger partial charge in [0.05, 0.1) is 0 Å². The molecule has 0 fully saturated rings. The van der Waals surface area contributed by atoms with Crippen LogP contribution in [0.2, 0.25) is 0 Å². The molecular weight excluding hydrogens is 488 g/mol. The maximum absolute atomic E-state index is 12.0. The molecule has 0 spiro atoms. The summed E-state index contributed by atoms with van der Waals surface area (Å²) < 4.78 is 0. The maximum atomic E-state index is 12.0. The van der Waals surface area contributed by atoms with Crippen molar-refractivity contribution in [2.75, 3.05) is 25.6 Å². The molecule has 0 aliphatic carbocycles. The third-order valence-electron chi connectivity index (χ3n) is 4.21. The normalized spacial score (nSPS) is 12.7. The summed E-state index contributed by atoms with van der Waals surface area (Å²) in [6.07, 6.45) is -2.74. The summed E-state index contributed by atoms with van der Waals surface area (Å²) in [7, 11) is 4.52. The van der Waals surface area contributed by atoms with Crippen LogP contribution < -0.4 is 0 Å². The first-order chi connectivity index (χ1) is 16.2. The van der Waals surface area contributed by atoms with Crippen LogP contribution in [0.4, 0.5) is 0 Å². The van der Waals surface area contributed by atoms with Crippen LogP contribution in [0.25, 0.3) is 0 Å². The van der Waals surface area contributed by atoms with Crippen LogP contribution in [0.5, 0.6) is 0 Å². The molecule has 182 valence electrons. The van der Waals surface area contributed by atoms with Gasteiger partial charge in [0, 0.05) is 35.1 Å². The predicted octanol–water partition coefficient (Wildman–Crippen LogP) is 3.10. The number of nitrogens with zero attached hydrogens (tertiary/aromatic N) is 4. The minimum Gasteiger partial charge on any atom is -0.361 e. The molecule has 0 bridgehead atoms. The van der Waals surface area contributed by atoms with E-state index >= 15 is 0 Å². The molecule has 0 saturated heterocycles. The number of nitro groups is 2. The summed E-state index contributed by atoms with van der Waals surface area (Å²) in [6, 6.07) is 16.2. The Labute approximate surface area is 202 Å². The smallest absolute Gasteiger partial charge is 0.336 e. The number of hydrogen-bond acceptors (Lipinski definition) is 12. The zero-order valence-corrected chi connectivity index (χ0v) is 19.8. The molecule has 0 aromatic heterocycles. The monoisotopic (exact) mass is 510 g/mol. The van der Waals surface area contributed by atoms with Crippen molar-refractivity contribution in [3.8, 4) is 0 Å². The van der Waals surface area contributed by atoms with Gasteiger partial charge in [0.1, 0.15) is 11.5 Å². The molecule has 0 aliphatic heterocycles. The van der Waals surface area contributed by atoms with Crippen molar-refractivity contribution in [1.82, 2.24) is 10.1 Å². The summed E-state index contributed by atoms with van der Waals surface area (Å²) >= 11 is 0. The zero-order valence-electron chi connectivity index (χ0n) is 18.2. The van der Waals surface area contributed by atoms with E-state index in [-0.39, 0.29) is 11.5 Å². The topological polar surface area (TPSA) is 145 Å². The Balaban J connectivity index is 1.77. The predicted molar refractivity (Wildman–Crippen MR) is 125 cm³/mol. The first-order valence-electron chi connectivity index (χ1n) is 9.69. The molecule has 14 heteroatoms. The molecule has 2 aromatic rings. The van der Waals surface area contributed by atoms with E-state index in [1.54, 1.807) is 60.7 Å². The zero-order chi connectivity index (χ0) is 25.1. The van der Waals surface area contributed by atoms with E-state index in [0.717, 1.165) is 31.7 Å². The van der Waals surface area contributed by atoms with E-state index in [0.29, 0.717) is 11.1 Å². The van der Waals surface area contributed by atoms with Crippen molar-refractivity contribution in [3.05, 3.63) is 92.0 Å². The molecule has 0 heterocycles. The second-order valence-corrected chi connectivity index (χ2v) is 9.15. The summed E-state index contributed by atoms with van der Waals surface area (Å²) in [6.45, 7) is 0. The van der Waals surface area contributed by atoms with Crippen LogP contribution >= 0.6 is 21.6 Å². The molecule has 2 unspecified atom stereocenters. The lowest BCUT2D eigenvalue weighted by Crippen LogP contribution is -2.33. The number of hydroxylamine groups is 4. The third kappa shape index (κ3) is 8.30. The van der Waals surface area contributed by atoms with Gasteiger partial charge in [-0.2, -0.15) is 0 Å². The molecule has 0 N–H and O–H groups in total. The van der Waals surface area contributed by atoms with Crippen LogP contribution in [-0.4, -0.2) is 57.5 Å². The third-order valence-corrected chi connectivity index (χ3v) is 6.29. The fourth-order valence-electron chi connectivity index (χ4n) is 2.83. The molecule has 0 aliphatic rings. The fourth-order valence-corrected chi connectivity index (χ4v) is 4.37. The SMILES string of the molecule is CN(OC(=O)CSSCC(=O)ON(C)C(c1ccccc1)[N+](=O)[O-])C(c1ccccc1)[N+](=O)[O-]. The molecule has 2 atom stereocenters. The Morgan fingerprint density at radius 2 is 1.09 bits per heavy atom. The molecule has 34 heavy (non-hydrogen) atoms. The summed E-state index contributed by atoms with van der Waals surface area (Å²) in [4.78, 5) is 55.8. The molecule has 12 nitrogen and oxygen atoms in total. The van der Waals surface area contributed by atoms with E-state index in [1.165, 1.54) is 14.1 Å². The lowest BCUT2D eigenvalue weighted by atomic mass is 10.2. The largest absolute Gasteiger partial charge is 0.361 e. The van der Waals surface area contributed by atoms with Crippen LogP contribution in [0, 0.1) is 20.2 Å². The van der Waals surface area contributed by atoms with Crippen molar-refractivity contribution in [2.24, 2.45) is 0 Å². The van der Waals surface area contributed by atoms with Crippen LogP contribution in [0.3, 0.4) is 0 Å². The summed E-state index contributed by atoms with van der Waals surface area (Å²) in [5.74, 6) is -1.88. The van der Waals surface area contributed by atoms with E-state index in [2.05, 4.69) is 0 Å². The van der Waals surface area contributed by atoms with Gasteiger partial charge in [0.2, 0.25) is 0 Å². The standard InChI is InChI=1S/C20H22N4O8S2/c1-21(19(23(27)28)15-9-5-3-6-10-15)31-17(25)13-33-34-14-18(26)32-22(2)20(24(29)30)16-11-7-4-8-12-16/h3-12,19-20H,13-14H2,1-2H3. The highest BCUT2D eigenvalue weighted by Gasteiger charge is 2.32. The second-order valence-electron chi connectivity index (χ2n) is 6.68. The minimum atomic E-state index is -1.37. The van der Waals surface area contributed by atoms with Gasteiger partial charge < -0.3 is 9.68 Å². The van der Waals surface area contributed by atoms with E-state index < -0.39 is 34.1 Å². The summed E-state index contributed by atoms with van der Waals surface area (Å²) in [5, 5.41) is 24.5. The van der Waals surface area contributed by atoms with Gasteiger partial charge in [-0.05, 0) is 0 Å². The number of hydrogen-bond donors (Lipinski definition) is 0. The molecule has 0 amide bonds. The van der Waals surface area contributed by atoms with E-state index in [1.807, 2.05) is 0 Å². The first-order valence-corrected chi connectivity index (χ1v) is 12.2. The van der Waals surface area contributed by atoms with Crippen molar-refractivity contribution >= 4 is 33.5 Å². The number of carbonyl (C=O) groups excluding carboxylic acids is 2. The van der Waals surface area contributed by atoms with Crippen molar-refractivity contribution in [2.45, 2.75) is 12.3 Å². The maximum Gasteiger partial charge on any atom is 0.336 e. The Morgan fingerprint density at radius 1 is 0.765 bits per heavy atom. The average molecular weight is 511 g/mol. The van der Waals surface area contributed by atoms with Crippen LogP contribution in [0.15, 0.2) is 60.7 Å². The number of carbonyl (C=O) groups is 2. The van der Waals surface area contributed by atoms with E-state index in [4.69, 9.17) is 9.68 Å². The Morgan fingerprint density at radius 3 is 1.38 bits per heavy atom. The van der Waals surface area contributed by atoms with Crippen molar-refractivity contribution < 1.29 is 29.1 Å². The van der Waals surface area contributed by atoms with Gasteiger partial charge in [-0.25, -0.2) is 9.59 Å². The second kappa shape index (κ2) is 13.5. The molecular formula is C20H22N4O8S2. The molecule has 0 saturated carbocycles. The first kappa shape index (κ1) is 27.0. The van der Waals surface area contributed by atoms with Gasteiger partial charge in [0.25, 0.3) is 0 Å². The highest BCUT2D eigenvalue weighted by Crippen LogP contribution is 2.25. The van der Waals surface area contributed by atoms with Crippen molar-refractivity contribution in [3.63, 3.8) is 0 Å². The fraction of sp³-hybridized carbons (Fsp3) is 0.300. The number of rotatable bonds is 13. The Hall–Kier alpha value is -3.20. The highest BCUT2D eigenvalue weighted by atomic mass is 33.1. The Bertz CT molecular complexity index is 904.